The van der Waals surface area contributed by atoms with Crippen LogP contribution in [-0.4, -0.2) is 29.1 Å². The molecule has 0 amide bonds. The van der Waals surface area contributed by atoms with Crippen LogP contribution in [0, 0.1) is 5.41 Å². The number of aromatic nitrogens is 1. The molecule has 0 N–H and O–H groups in total. The minimum Gasteiger partial charge on any atom is -0.492 e. The Morgan fingerprint density at radius 3 is 2.44 bits per heavy atom. The van der Waals surface area contributed by atoms with E-state index in [1.54, 1.807) is 39.2 Å². The van der Waals surface area contributed by atoms with E-state index in [-0.39, 0.29) is 19.4 Å². The fourth-order valence-corrected chi connectivity index (χ4v) is 2.52. The Balaban J connectivity index is 2.06. The van der Waals surface area contributed by atoms with E-state index in [2.05, 4.69) is 4.98 Å². The maximum atomic E-state index is 12.7. The monoisotopic (exact) mass is 347 g/mol. The van der Waals surface area contributed by atoms with E-state index in [1.165, 1.54) is 0 Å². The van der Waals surface area contributed by atoms with Gasteiger partial charge in [-0.1, -0.05) is 12.2 Å². The highest BCUT2D eigenvalue weighted by atomic mass is 16.6. The predicted octanol–water partition coefficient (Wildman–Crippen LogP) is 3.20. The summed E-state index contributed by atoms with van der Waals surface area (Å²) >= 11 is 0. The van der Waals surface area contributed by atoms with Gasteiger partial charge in [0.15, 0.2) is 5.41 Å². The number of hydrogen-bond donors (Lipinski definition) is 0. The molecule has 1 aromatic rings. The van der Waals surface area contributed by atoms with Crippen LogP contribution < -0.4 is 4.74 Å². The van der Waals surface area contributed by atoms with Crippen molar-refractivity contribution in [1.82, 2.24) is 4.98 Å². The number of allylic oxidation sites excluding steroid dienone is 2. The van der Waals surface area contributed by atoms with Gasteiger partial charge in [0.25, 0.3) is 0 Å². The minimum atomic E-state index is -1.29. The standard InChI is InChI=1S/C19H25NO5/c1-5-23-15-10-14(11-20-12-15)13-24-16(21)19(8-6-7-9-19)17(22)25-18(2,3)4/h6-7,10-12H,5,8-9,13H2,1-4H3. The lowest BCUT2D eigenvalue weighted by molar-refractivity contribution is -0.179. The van der Waals surface area contributed by atoms with Crippen molar-refractivity contribution >= 4 is 11.9 Å². The molecular weight excluding hydrogens is 322 g/mol. The van der Waals surface area contributed by atoms with E-state index in [4.69, 9.17) is 14.2 Å². The zero-order valence-corrected chi connectivity index (χ0v) is 15.2. The summed E-state index contributed by atoms with van der Waals surface area (Å²) in [6.45, 7) is 7.76. The molecule has 6 nitrogen and oxygen atoms in total. The second-order valence-electron chi connectivity index (χ2n) is 7.00. The van der Waals surface area contributed by atoms with Gasteiger partial charge in [-0.25, -0.2) is 0 Å². The average Bonchev–Trinajstić information content (AvgIpc) is 3.03. The predicted molar refractivity (Wildman–Crippen MR) is 91.9 cm³/mol. The third-order valence-electron chi connectivity index (χ3n) is 3.73. The first kappa shape index (κ1) is 19.0. The Morgan fingerprint density at radius 2 is 1.84 bits per heavy atom. The van der Waals surface area contributed by atoms with Crippen molar-refractivity contribution in [2.45, 2.75) is 52.7 Å². The first-order valence-corrected chi connectivity index (χ1v) is 8.39. The van der Waals surface area contributed by atoms with Gasteiger partial charge in [0, 0.05) is 11.8 Å². The highest BCUT2D eigenvalue weighted by Crippen LogP contribution is 2.37. The van der Waals surface area contributed by atoms with Crippen LogP contribution in [0.25, 0.3) is 0 Å². The maximum absolute atomic E-state index is 12.7. The van der Waals surface area contributed by atoms with Gasteiger partial charge in [-0.05, 0) is 46.6 Å². The van der Waals surface area contributed by atoms with Gasteiger partial charge in [0.2, 0.25) is 0 Å². The van der Waals surface area contributed by atoms with Crippen LogP contribution in [0.1, 0.15) is 46.1 Å². The van der Waals surface area contributed by atoms with Crippen molar-refractivity contribution in [3.8, 4) is 5.75 Å². The lowest BCUT2D eigenvalue weighted by Crippen LogP contribution is -2.43. The summed E-state index contributed by atoms with van der Waals surface area (Å²) in [7, 11) is 0. The number of ether oxygens (including phenoxy) is 3. The maximum Gasteiger partial charge on any atom is 0.324 e. The quantitative estimate of drug-likeness (QED) is 0.447. The van der Waals surface area contributed by atoms with Gasteiger partial charge in [0.1, 0.15) is 18.0 Å². The molecule has 0 aliphatic heterocycles. The number of hydrogen-bond acceptors (Lipinski definition) is 6. The number of rotatable bonds is 6. The third kappa shape index (κ3) is 4.81. The van der Waals surface area contributed by atoms with E-state index in [9.17, 15) is 9.59 Å². The fraction of sp³-hybridized carbons (Fsp3) is 0.526. The average molecular weight is 347 g/mol. The molecule has 1 aromatic heterocycles. The summed E-state index contributed by atoms with van der Waals surface area (Å²) < 4.78 is 16.2. The van der Waals surface area contributed by atoms with Crippen LogP contribution in [0.15, 0.2) is 30.6 Å². The Morgan fingerprint density at radius 1 is 1.16 bits per heavy atom. The molecule has 0 saturated heterocycles. The van der Waals surface area contributed by atoms with Gasteiger partial charge in [-0.2, -0.15) is 0 Å². The molecule has 0 atom stereocenters. The number of esters is 2. The molecule has 0 bridgehead atoms. The molecule has 0 fully saturated rings. The first-order valence-electron chi connectivity index (χ1n) is 8.39. The SMILES string of the molecule is CCOc1cncc(COC(=O)C2(C(=O)OC(C)(C)C)CC=CC2)c1. The Kier molecular flexibility index (Phi) is 5.82. The molecule has 1 aliphatic carbocycles. The normalized spacial score (nSPS) is 15.7. The molecule has 0 spiro atoms. The molecule has 0 unspecified atom stereocenters. The van der Waals surface area contributed by atoms with Crippen LogP contribution in [0.4, 0.5) is 0 Å². The van der Waals surface area contributed by atoms with Crippen molar-refractivity contribution in [2.24, 2.45) is 5.41 Å². The van der Waals surface area contributed by atoms with E-state index >= 15 is 0 Å². The van der Waals surface area contributed by atoms with Gasteiger partial charge in [0.05, 0.1) is 12.8 Å². The van der Waals surface area contributed by atoms with Crippen molar-refractivity contribution in [1.29, 1.82) is 0 Å². The van der Waals surface area contributed by atoms with Crippen molar-refractivity contribution in [3.63, 3.8) is 0 Å². The highest BCUT2D eigenvalue weighted by molar-refractivity contribution is 6.01. The fourth-order valence-electron chi connectivity index (χ4n) is 2.52. The first-order chi connectivity index (χ1) is 11.8. The van der Waals surface area contributed by atoms with Gasteiger partial charge < -0.3 is 14.2 Å². The Bertz CT molecular complexity index is 652. The summed E-state index contributed by atoms with van der Waals surface area (Å²) in [4.78, 5) is 29.3. The van der Waals surface area contributed by atoms with Crippen molar-refractivity contribution < 1.29 is 23.8 Å². The smallest absolute Gasteiger partial charge is 0.324 e. The molecule has 0 radical (unpaired) electrons. The third-order valence-corrected chi connectivity index (χ3v) is 3.73. The summed E-state index contributed by atoms with van der Waals surface area (Å²) in [5, 5.41) is 0. The van der Waals surface area contributed by atoms with Gasteiger partial charge in [-0.3, -0.25) is 14.6 Å². The second-order valence-corrected chi connectivity index (χ2v) is 7.00. The molecule has 6 heteroatoms. The van der Waals surface area contributed by atoms with Crippen LogP contribution in [-0.2, 0) is 25.7 Å². The van der Waals surface area contributed by atoms with Gasteiger partial charge in [-0.15, -0.1) is 0 Å². The summed E-state index contributed by atoms with van der Waals surface area (Å²) in [5.74, 6) is -0.509. The van der Waals surface area contributed by atoms with E-state index in [0.717, 1.165) is 0 Å². The van der Waals surface area contributed by atoms with E-state index < -0.39 is 23.0 Å². The lowest BCUT2D eigenvalue weighted by atomic mass is 9.85. The zero-order valence-electron chi connectivity index (χ0n) is 15.2. The van der Waals surface area contributed by atoms with Crippen LogP contribution in [0.3, 0.4) is 0 Å². The number of carbonyl (C=O) groups excluding carboxylic acids is 2. The van der Waals surface area contributed by atoms with Crippen LogP contribution in [0.2, 0.25) is 0 Å². The molecule has 0 aromatic carbocycles. The Hall–Kier alpha value is -2.37. The lowest BCUT2D eigenvalue weighted by Gasteiger charge is -2.29. The molecular formula is C19H25NO5. The molecule has 25 heavy (non-hydrogen) atoms. The summed E-state index contributed by atoms with van der Waals surface area (Å²) in [6, 6.07) is 1.76. The van der Waals surface area contributed by atoms with Crippen LogP contribution >= 0.6 is 0 Å². The molecule has 0 saturated carbocycles. The number of nitrogens with zero attached hydrogens (tertiary/aromatic N) is 1. The highest BCUT2D eigenvalue weighted by Gasteiger charge is 2.50. The zero-order chi connectivity index (χ0) is 18.5. The molecule has 136 valence electrons. The molecule has 1 aliphatic rings. The van der Waals surface area contributed by atoms with Crippen LogP contribution in [0.5, 0.6) is 5.75 Å². The van der Waals surface area contributed by atoms with Crippen molar-refractivity contribution in [2.75, 3.05) is 6.61 Å². The van der Waals surface area contributed by atoms with Gasteiger partial charge >= 0.3 is 11.9 Å². The second kappa shape index (κ2) is 7.68. The largest absolute Gasteiger partial charge is 0.492 e. The molecule has 2 rings (SSSR count). The summed E-state index contributed by atoms with van der Waals surface area (Å²) in [6.07, 6.45) is 7.39. The minimum absolute atomic E-state index is 0.0251. The number of pyridine rings is 1. The summed E-state index contributed by atoms with van der Waals surface area (Å²) in [5.41, 5.74) is -1.26. The molecule has 1 heterocycles. The number of carbonyl (C=O) groups is 2. The van der Waals surface area contributed by atoms with E-state index in [1.807, 2.05) is 19.1 Å². The Labute approximate surface area is 148 Å². The topological polar surface area (TPSA) is 74.7 Å². The van der Waals surface area contributed by atoms with Crippen molar-refractivity contribution in [3.05, 3.63) is 36.2 Å². The van der Waals surface area contributed by atoms with E-state index in [0.29, 0.717) is 17.9 Å².